The van der Waals surface area contributed by atoms with Crippen LogP contribution in [0.3, 0.4) is 0 Å². The molecule has 0 radical (unpaired) electrons. The highest BCUT2D eigenvalue weighted by molar-refractivity contribution is 9.10. The molecule has 27 heavy (non-hydrogen) atoms. The van der Waals surface area contributed by atoms with Crippen molar-refractivity contribution in [2.24, 2.45) is 0 Å². The standard InChI is InChI=1S/C19H14BrF2N3O2/c1-19(2,14-5-3-4-12(23-14)18(26)27)15-9-10(21)8-13(24-15)11-6-7-16(22)25-17(11)20/h3-9H,1-2H3,(H,26,27). The summed E-state index contributed by atoms with van der Waals surface area (Å²) in [4.78, 5) is 23.5. The fourth-order valence-corrected chi connectivity index (χ4v) is 3.10. The zero-order valence-electron chi connectivity index (χ0n) is 14.4. The van der Waals surface area contributed by atoms with E-state index in [0.29, 0.717) is 17.0 Å². The molecule has 0 aliphatic heterocycles. The first-order valence-corrected chi connectivity index (χ1v) is 8.69. The van der Waals surface area contributed by atoms with Gasteiger partial charge in [-0.3, -0.25) is 4.98 Å². The van der Waals surface area contributed by atoms with Gasteiger partial charge in [0.1, 0.15) is 16.1 Å². The molecule has 3 heterocycles. The molecule has 138 valence electrons. The molecule has 0 fully saturated rings. The highest BCUT2D eigenvalue weighted by Gasteiger charge is 2.28. The number of nitrogens with zero attached hydrogens (tertiary/aromatic N) is 3. The second-order valence-corrected chi connectivity index (χ2v) is 7.12. The lowest BCUT2D eigenvalue weighted by Crippen LogP contribution is -2.23. The Balaban J connectivity index is 2.12. The van der Waals surface area contributed by atoms with E-state index in [0.717, 1.165) is 6.07 Å². The van der Waals surface area contributed by atoms with Crippen molar-refractivity contribution in [3.8, 4) is 11.3 Å². The van der Waals surface area contributed by atoms with Crippen LogP contribution in [0.4, 0.5) is 8.78 Å². The van der Waals surface area contributed by atoms with Crippen molar-refractivity contribution in [3.63, 3.8) is 0 Å². The lowest BCUT2D eigenvalue weighted by molar-refractivity contribution is 0.0690. The zero-order chi connectivity index (χ0) is 19.8. The van der Waals surface area contributed by atoms with Crippen molar-refractivity contribution in [1.29, 1.82) is 0 Å². The van der Waals surface area contributed by atoms with E-state index in [4.69, 9.17) is 5.11 Å². The number of halogens is 3. The molecular formula is C19H14BrF2N3O2. The van der Waals surface area contributed by atoms with Gasteiger partial charge in [-0.2, -0.15) is 4.39 Å². The Bertz CT molecular complexity index is 1040. The summed E-state index contributed by atoms with van der Waals surface area (Å²) in [5.74, 6) is -2.35. The number of carboxylic acid groups (broad SMARTS) is 1. The number of hydrogen-bond donors (Lipinski definition) is 1. The van der Waals surface area contributed by atoms with Crippen LogP contribution in [0.25, 0.3) is 11.3 Å². The summed E-state index contributed by atoms with van der Waals surface area (Å²) < 4.78 is 27.8. The monoisotopic (exact) mass is 433 g/mol. The lowest BCUT2D eigenvalue weighted by atomic mass is 9.84. The Morgan fingerprint density at radius 2 is 1.78 bits per heavy atom. The minimum atomic E-state index is -1.15. The Morgan fingerprint density at radius 1 is 1.04 bits per heavy atom. The highest BCUT2D eigenvalue weighted by atomic mass is 79.9. The average Bonchev–Trinajstić information content (AvgIpc) is 2.61. The number of hydrogen-bond acceptors (Lipinski definition) is 4. The van der Waals surface area contributed by atoms with Crippen molar-refractivity contribution in [1.82, 2.24) is 15.0 Å². The van der Waals surface area contributed by atoms with Gasteiger partial charge < -0.3 is 5.11 Å². The van der Waals surface area contributed by atoms with Crippen molar-refractivity contribution < 1.29 is 18.7 Å². The third-order valence-corrected chi connectivity index (χ3v) is 4.73. The number of aromatic carboxylic acids is 1. The third-order valence-electron chi connectivity index (χ3n) is 4.13. The first-order valence-electron chi connectivity index (χ1n) is 7.90. The van der Waals surface area contributed by atoms with Crippen molar-refractivity contribution in [2.45, 2.75) is 19.3 Å². The molecule has 0 amide bonds. The Hall–Kier alpha value is -2.74. The molecule has 1 N–H and O–H groups in total. The Labute approximate surface area is 162 Å². The van der Waals surface area contributed by atoms with E-state index in [9.17, 15) is 13.6 Å². The highest BCUT2D eigenvalue weighted by Crippen LogP contribution is 2.33. The van der Waals surface area contributed by atoms with Crippen LogP contribution in [-0.2, 0) is 5.41 Å². The Morgan fingerprint density at radius 3 is 2.44 bits per heavy atom. The molecule has 0 spiro atoms. The predicted molar refractivity (Wildman–Crippen MR) is 98.4 cm³/mol. The molecule has 0 saturated carbocycles. The van der Waals surface area contributed by atoms with Crippen LogP contribution < -0.4 is 0 Å². The second kappa shape index (κ2) is 7.11. The minimum Gasteiger partial charge on any atom is -0.477 e. The number of aromatic nitrogens is 3. The van der Waals surface area contributed by atoms with Crippen LogP contribution in [0.5, 0.6) is 0 Å². The van der Waals surface area contributed by atoms with Gasteiger partial charge in [-0.05, 0) is 60.1 Å². The molecule has 0 aliphatic carbocycles. The van der Waals surface area contributed by atoms with Gasteiger partial charge >= 0.3 is 5.97 Å². The van der Waals surface area contributed by atoms with Crippen molar-refractivity contribution >= 4 is 21.9 Å². The molecule has 0 aromatic carbocycles. The smallest absolute Gasteiger partial charge is 0.354 e. The maximum Gasteiger partial charge on any atom is 0.354 e. The van der Waals surface area contributed by atoms with Crippen LogP contribution in [0.1, 0.15) is 35.7 Å². The minimum absolute atomic E-state index is 0.109. The van der Waals surface area contributed by atoms with Crippen molar-refractivity contribution in [2.75, 3.05) is 0 Å². The zero-order valence-corrected chi connectivity index (χ0v) is 16.0. The number of pyridine rings is 3. The largest absolute Gasteiger partial charge is 0.477 e. The van der Waals surface area contributed by atoms with E-state index < -0.39 is 23.1 Å². The topological polar surface area (TPSA) is 76.0 Å². The average molecular weight is 434 g/mol. The normalized spacial score (nSPS) is 11.4. The van der Waals surface area contributed by atoms with E-state index >= 15 is 0 Å². The fourth-order valence-electron chi connectivity index (χ4n) is 2.59. The summed E-state index contributed by atoms with van der Waals surface area (Å²) >= 11 is 3.16. The fraction of sp³-hybridized carbons (Fsp3) is 0.158. The van der Waals surface area contributed by atoms with E-state index in [-0.39, 0.29) is 16.0 Å². The number of carboxylic acids is 1. The molecular weight excluding hydrogens is 420 g/mol. The van der Waals surface area contributed by atoms with Crippen LogP contribution in [-0.4, -0.2) is 26.0 Å². The first-order chi connectivity index (χ1) is 12.7. The maximum atomic E-state index is 14.3. The summed E-state index contributed by atoms with van der Waals surface area (Å²) in [5, 5.41) is 9.15. The summed E-state index contributed by atoms with van der Waals surface area (Å²) in [7, 11) is 0. The number of rotatable bonds is 4. The molecule has 0 saturated heterocycles. The lowest BCUT2D eigenvalue weighted by Gasteiger charge is -2.24. The Kier molecular flexibility index (Phi) is 5.01. The molecule has 3 aromatic rings. The molecule has 0 aliphatic rings. The molecule has 5 nitrogen and oxygen atoms in total. The summed E-state index contributed by atoms with van der Waals surface area (Å²) in [6.07, 6.45) is 0. The summed E-state index contributed by atoms with van der Waals surface area (Å²) in [6, 6.07) is 9.73. The number of carbonyl (C=O) groups is 1. The van der Waals surface area contributed by atoms with E-state index in [2.05, 4.69) is 30.9 Å². The van der Waals surface area contributed by atoms with Crippen LogP contribution >= 0.6 is 15.9 Å². The SMILES string of the molecule is CC(C)(c1cccc(C(=O)O)n1)c1cc(F)cc(-c2ccc(F)nc2Br)n1. The van der Waals surface area contributed by atoms with Crippen LogP contribution in [0.15, 0.2) is 47.1 Å². The molecule has 3 rings (SSSR count). The van der Waals surface area contributed by atoms with E-state index in [1.54, 1.807) is 26.0 Å². The molecule has 0 unspecified atom stereocenters. The van der Waals surface area contributed by atoms with Gasteiger partial charge in [-0.1, -0.05) is 6.07 Å². The second-order valence-electron chi connectivity index (χ2n) is 6.37. The van der Waals surface area contributed by atoms with Gasteiger partial charge in [0, 0.05) is 17.0 Å². The van der Waals surface area contributed by atoms with Gasteiger partial charge in [0.15, 0.2) is 0 Å². The van der Waals surface area contributed by atoms with Crippen LogP contribution in [0.2, 0.25) is 0 Å². The summed E-state index contributed by atoms with van der Waals surface area (Å²) in [6.45, 7) is 3.54. The van der Waals surface area contributed by atoms with Gasteiger partial charge in [-0.15, -0.1) is 0 Å². The molecule has 8 heteroatoms. The van der Waals surface area contributed by atoms with E-state index in [1.165, 1.54) is 24.3 Å². The van der Waals surface area contributed by atoms with Gasteiger partial charge in [0.05, 0.1) is 17.1 Å². The van der Waals surface area contributed by atoms with Gasteiger partial charge in [0.25, 0.3) is 0 Å². The molecule has 0 atom stereocenters. The van der Waals surface area contributed by atoms with Gasteiger partial charge in [-0.25, -0.2) is 19.2 Å². The van der Waals surface area contributed by atoms with Crippen molar-refractivity contribution in [3.05, 3.63) is 75.9 Å². The summed E-state index contributed by atoms with van der Waals surface area (Å²) in [5.41, 5.74) is 0.503. The predicted octanol–water partition coefficient (Wildman–Crippen LogP) is 4.60. The molecule has 3 aromatic heterocycles. The van der Waals surface area contributed by atoms with E-state index in [1.807, 2.05) is 0 Å². The maximum absolute atomic E-state index is 14.3. The quantitative estimate of drug-likeness (QED) is 0.608. The first kappa shape index (κ1) is 19.0. The molecule has 0 bridgehead atoms. The van der Waals surface area contributed by atoms with Crippen LogP contribution in [0, 0.1) is 11.8 Å². The van der Waals surface area contributed by atoms with Gasteiger partial charge in [0.2, 0.25) is 5.95 Å². The third kappa shape index (κ3) is 3.85.